The normalized spacial score (nSPS) is 21.5. The maximum absolute atomic E-state index is 5.14. The van der Waals surface area contributed by atoms with E-state index in [2.05, 4.69) is 19.2 Å². The van der Waals surface area contributed by atoms with E-state index < -0.39 is 0 Å². The van der Waals surface area contributed by atoms with Crippen molar-refractivity contribution in [3.05, 3.63) is 0 Å². The van der Waals surface area contributed by atoms with E-state index in [0.717, 1.165) is 18.6 Å². The second-order valence-electron chi connectivity index (χ2n) is 4.43. The monoisotopic (exact) mass is 185 g/mol. The minimum absolute atomic E-state index is 0.686. The molecule has 2 nitrogen and oxygen atoms in total. The number of rotatable bonds is 7. The molecule has 78 valence electrons. The van der Waals surface area contributed by atoms with Crippen LogP contribution in [0.4, 0.5) is 0 Å². The van der Waals surface area contributed by atoms with Gasteiger partial charge in [-0.25, -0.2) is 0 Å². The molecule has 0 aromatic heterocycles. The van der Waals surface area contributed by atoms with E-state index in [1.54, 1.807) is 7.11 Å². The molecule has 1 rings (SSSR count). The highest BCUT2D eigenvalue weighted by Gasteiger charge is 2.20. The standard InChI is InChI=1S/C11H23NO/c1-9(10(2)8-13-3)6-7-12-11-4-5-11/h9-12H,4-8H2,1-3H3. The zero-order valence-electron chi connectivity index (χ0n) is 9.18. The molecule has 0 radical (unpaired) electrons. The lowest BCUT2D eigenvalue weighted by atomic mass is 9.94. The van der Waals surface area contributed by atoms with Gasteiger partial charge in [0.2, 0.25) is 0 Å². The van der Waals surface area contributed by atoms with Crippen LogP contribution in [-0.4, -0.2) is 26.3 Å². The quantitative estimate of drug-likeness (QED) is 0.655. The van der Waals surface area contributed by atoms with E-state index in [4.69, 9.17) is 4.74 Å². The van der Waals surface area contributed by atoms with Gasteiger partial charge in [-0.3, -0.25) is 0 Å². The summed E-state index contributed by atoms with van der Waals surface area (Å²) in [5.41, 5.74) is 0. The van der Waals surface area contributed by atoms with E-state index in [9.17, 15) is 0 Å². The molecule has 0 saturated heterocycles. The Labute approximate surface area is 82.0 Å². The Morgan fingerprint density at radius 2 is 2.00 bits per heavy atom. The average Bonchev–Trinajstić information content (AvgIpc) is 2.88. The predicted octanol–water partition coefficient (Wildman–Crippen LogP) is 2.05. The Morgan fingerprint density at radius 3 is 2.54 bits per heavy atom. The first-order chi connectivity index (χ1) is 6.24. The van der Waals surface area contributed by atoms with Crippen LogP contribution in [0.1, 0.15) is 33.1 Å². The van der Waals surface area contributed by atoms with Crippen molar-refractivity contribution in [2.75, 3.05) is 20.3 Å². The van der Waals surface area contributed by atoms with Gasteiger partial charge in [0.05, 0.1) is 0 Å². The number of hydrogen-bond donors (Lipinski definition) is 1. The van der Waals surface area contributed by atoms with E-state index >= 15 is 0 Å². The molecular weight excluding hydrogens is 162 g/mol. The molecule has 0 aromatic carbocycles. The summed E-state index contributed by atoms with van der Waals surface area (Å²) in [5, 5.41) is 3.54. The van der Waals surface area contributed by atoms with Gasteiger partial charge in [0.15, 0.2) is 0 Å². The number of ether oxygens (including phenoxy) is 1. The van der Waals surface area contributed by atoms with Crippen molar-refractivity contribution in [2.24, 2.45) is 11.8 Å². The molecule has 1 saturated carbocycles. The highest BCUT2D eigenvalue weighted by atomic mass is 16.5. The molecule has 2 heteroatoms. The first kappa shape index (κ1) is 11.0. The van der Waals surface area contributed by atoms with Crippen molar-refractivity contribution in [3.63, 3.8) is 0 Å². The fraction of sp³-hybridized carbons (Fsp3) is 1.00. The van der Waals surface area contributed by atoms with E-state index in [1.807, 2.05) is 0 Å². The Bertz CT molecular complexity index is 134. The Hall–Kier alpha value is -0.0800. The molecule has 0 spiro atoms. The maximum Gasteiger partial charge on any atom is 0.0490 e. The van der Waals surface area contributed by atoms with Crippen LogP contribution in [0, 0.1) is 11.8 Å². The molecule has 2 unspecified atom stereocenters. The molecule has 13 heavy (non-hydrogen) atoms. The Kier molecular flexibility index (Phi) is 4.74. The molecule has 0 amide bonds. The molecule has 1 N–H and O–H groups in total. The van der Waals surface area contributed by atoms with Crippen LogP contribution in [0.25, 0.3) is 0 Å². The Balaban J connectivity index is 1.97. The van der Waals surface area contributed by atoms with Crippen molar-refractivity contribution in [1.29, 1.82) is 0 Å². The van der Waals surface area contributed by atoms with Gasteiger partial charge >= 0.3 is 0 Å². The van der Waals surface area contributed by atoms with Crippen LogP contribution in [-0.2, 0) is 4.74 Å². The van der Waals surface area contributed by atoms with Gasteiger partial charge in [-0.2, -0.15) is 0 Å². The van der Waals surface area contributed by atoms with Crippen molar-refractivity contribution >= 4 is 0 Å². The van der Waals surface area contributed by atoms with E-state index in [-0.39, 0.29) is 0 Å². The first-order valence-electron chi connectivity index (χ1n) is 5.46. The van der Waals surface area contributed by atoms with Gasteiger partial charge in [-0.05, 0) is 37.6 Å². The van der Waals surface area contributed by atoms with Crippen LogP contribution in [0.5, 0.6) is 0 Å². The molecule has 0 aromatic rings. The van der Waals surface area contributed by atoms with Crippen LogP contribution < -0.4 is 5.32 Å². The van der Waals surface area contributed by atoms with Crippen LogP contribution in [0.3, 0.4) is 0 Å². The summed E-state index contributed by atoms with van der Waals surface area (Å²) in [6, 6.07) is 0.852. The number of hydrogen-bond acceptors (Lipinski definition) is 2. The topological polar surface area (TPSA) is 21.3 Å². The second kappa shape index (κ2) is 5.61. The molecular formula is C11H23NO. The molecule has 1 aliphatic carbocycles. The summed E-state index contributed by atoms with van der Waals surface area (Å²) in [4.78, 5) is 0. The summed E-state index contributed by atoms with van der Waals surface area (Å²) in [5.74, 6) is 1.46. The van der Waals surface area contributed by atoms with Crippen LogP contribution >= 0.6 is 0 Å². The minimum atomic E-state index is 0.686. The summed E-state index contributed by atoms with van der Waals surface area (Å²) in [6.45, 7) is 6.66. The van der Waals surface area contributed by atoms with Crippen LogP contribution in [0.15, 0.2) is 0 Å². The fourth-order valence-corrected chi connectivity index (χ4v) is 1.51. The summed E-state index contributed by atoms with van der Waals surface area (Å²) in [6.07, 6.45) is 4.06. The lowest BCUT2D eigenvalue weighted by Crippen LogP contribution is -2.23. The zero-order chi connectivity index (χ0) is 9.68. The maximum atomic E-state index is 5.14. The third kappa shape index (κ3) is 4.63. The first-order valence-corrected chi connectivity index (χ1v) is 5.46. The van der Waals surface area contributed by atoms with Gasteiger partial charge in [0, 0.05) is 19.8 Å². The van der Waals surface area contributed by atoms with Crippen molar-refractivity contribution in [3.8, 4) is 0 Å². The zero-order valence-corrected chi connectivity index (χ0v) is 9.18. The average molecular weight is 185 g/mol. The van der Waals surface area contributed by atoms with E-state index in [1.165, 1.54) is 25.8 Å². The molecule has 1 aliphatic rings. The van der Waals surface area contributed by atoms with Gasteiger partial charge in [0.25, 0.3) is 0 Å². The lowest BCUT2D eigenvalue weighted by molar-refractivity contribution is 0.131. The van der Waals surface area contributed by atoms with Crippen molar-refractivity contribution in [1.82, 2.24) is 5.32 Å². The van der Waals surface area contributed by atoms with Crippen molar-refractivity contribution in [2.45, 2.75) is 39.2 Å². The van der Waals surface area contributed by atoms with Gasteiger partial charge in [0.1, 0.15) is 0 Å². The predicted molar refractivity (Wildman–Crippen MR) is 55.8 cm³/mol. The molecule has 0 aliphatic heterocycles. The number of methoxy groups -OCH3 is 1. The largest absolute Gasteiger partial charge is 0.384 e. The smallest absolute Gasteiger partial charge is 0.0490 e. The highest BCUT2D eigenvalue weighted by molar-refractivity contribution is 4.80. The summed E-state index contributed by atoms with van der Waals surface area (Å²) < 4.78 is 5.14. The Morgan fingerprint density at radius 1 is 1.31 bits per heavy atom. The van der Waals surface area contributed by atoms with Crippen molar-refractivity contribution < 1.29 is 4.74 Å². The summed E-state index contributed by atoms with van der Waals surface area (Å²) in [7, 11) is 1.78. The van der Waals surface area contributed by atoms with Gasteiger partial charge in [-0.1, -0.05) is 13.8 Å². The SMILES string of the molecule is COCC(C)C(C)CCNC1CC1. The number of nitrogens with one attached hydrogen (secondary N) is 1. The third-order valence-electron chi connectivity index (χ3n) is 3.01. The van der Waals surface area contributed by atoms with Gasteiger partial charge < -0.3 is 10.1 Å². The summed E-state index contributed by atoms with van der Waals surface area (Å²) >= 11 is 0. The lowest BCUT2D eigenvalue weighted by Gasteiger charge is -2.19. The second-order valence-corrected chi connectivity index (χ2v) is 4.43. The molecule has 1 fully saturated rings. The molecule has 0 bridgehead atoms. The minimum Gasteiger partial charge on any atom is -0.384 e. The van der Waals surface area contributed by atoms with Crippen LogP contribution in [0.2, 0.25) is 0 Å². The highest BCUT2D eigenvalue weighted by Crippen LogP contribution is 2.20. The third-order valence-corrected chi connectivity index (χ3v) is 3.01. The van der Waals surface area contributed by atoms with E-state index in [0.29, 0.717) is 5.92 Å². The molecule has 0 heterocycles. The fourth-order valence-electron chi connectivity index (χ4n) is 1.51. The van der Waals surface area contributed by atoms with Gasteiger partial charge in [-0.15, -0.1) is 0 Å². The molecule has 2 atom stereocenters.